The van der Waals surface area contributed by atoms with Crippen molar-refractivity contribution < 1.29 is 18.7 Å². The molecule has 2 aromatic carbocycles. The van der Waals surface area contributed by atoms with Gasteiger partial charge in [0, 0.05) is 22.2 Å². The SMILES string of the molecule is CCOC(=O)C1=C(C)N=c2s/c(=C/c3ccc(-c4ccc(Cl)cc4)o3)c(=O)n2C1c1ccccc1OC. The summed E-state index contributed by atoms with van der Waals surface area (Å²) in [5, 5.41) is 0.638. The summed E-state index contributed by atoms with van der Waals surface area (Å²) in [5.41, 5.74) is 2.03. The Kier molecular flexibility index (Phi) is 6.86. The molecule has 0 saturated heterocycles. The largest absolute Gasteiger partial charge is 0.496 e. The summed E-state index contributed by atoms with van der Waals surface area (Å²) in [6, 6.07) is 17.5. The highest BCUT2D eigenvalue weighted by molar-refractivity contribution is 7.07. The van der Waals surface area contributed by atoms with Crippen LogP contribution in [-0.2, 0) is 9.53 Å². The minimum atomic E-state index is -0.755. The van der Waals surface area contributed by atoms with Crippen LogP contribution in [0.2, 0.25) is 5.02 Å². The minimum Gasteiger partial charge on any atom is -0.496 e. The second-order valence-electron chi connectivity index (χ2n) is 8.25. The molecule has 0 radical (unpaired) electrons. The molecule has 1 aliphatic heterocycles. The minimum absolute atomic E-state index is 0.202. The van der Waals surface area contributed by atoms with E-state index in [4.69, 9.17) is 25.5 Å². The van der Waals surface area contributed by atoms with Gasteiger partial charge in [0.15, 0.2) is 4.80 Å². The Morgan fingerprint density at radius 1 is 1.16 bits per heavy atom. The molecule has 0 fully saturated rings. The van der Waals surface area contributed by atoms with Gasteiger partial charge < -0.3 is 13.9 Å². The number of carbonyl (C=O) groups excluding carboxylic acids is 1. The number of thiazole rings is 1. The fourth-order valence-corrected chi connectivity index (χ4v) is 5.46. The van der Waals surface area contributed by atoms with Crippen molar-refractivity contribution in [1.29, 1.82) is 0 Å². The lowest BCUT2D eigenvalue weighted by atomic mass is 9.95. The number of hydrogen-bond acceptors (Lipinski definition) is 7. The Balaban J connectivity index is 1.66. The number of benzene rings is 2. The van der Waals surface area contributed by atoms with E-state index in [1.165, 1.54) is 15.9 Å². The van der Waals surface area contributed by atoms with Crippen LogP contribution < -0.4 is 19.6 Å². The molecule has 1 aliphatic rings. The zero-order valence-electron chi connectivity index (χ0n) is 20.4. The number of aromatic nitrogens is 1. The first-order valence-corrected chi connectivity index (χ1v) is 12.8. The lowest BCUT2D eigenvalue weighted by Gasteiger charge is -2.25. The maximum Gasteiger partial charge on any atom is 0.338 e. The van der Waals surface area contributed by atoms with Crippen LogP contribution in [0.15, 0.2) is 86.1 Å². The van der Waals surface area contributed by atoms with Gasteiger partial charge in [-0.1, -0.05) is 41.1 Å². The van der Waals surface area contributed by atoms with Crippen LogP contribution >= 0.6 is 22.9 Å². The van der Waals surface area contributed by atoms with Gasteiger partial charge in [-0.05, 0) is 56.3 Å². The smallest absolute Gasteiger partial charge is 0.338 e. The van der Waals surface area contributed by atoms with E-state index in [2.05, 4.69) is 4.99 Å². The van der Waals surface area contributed by atoms with Gasteiger partial charge >= 0.3 is 5.97 Å². The molecule has 4 aromatic rings. The van der Waals surface area contributed by atoms with Crippen molar-refractivity contribution in [3.05, 3.63) is 108 Å². The Morgan fingerprint density at radius 3 is 2.65 bits per heavy atom. The number of rotatable bonds is 6. The molecule has 1 atom stereocenters. The average Bonchev–Trinajstić information content (AvgIpc) is 3.48. The molecule has 7 nitrogen and oxygen atoms in total. The Labute approximate surface area is 221 Å². The van der Waals surface area contributed by atoms with Crippen LogP contribution in [0.1, 0.15) is 31.2 Å². The molecule has 0 aliphatic carbocycles. The molecule has 37 heavy (non-hydrogen) atoms. The van der Waals surface area contributed by atoms with Gasteiger partial charge in [0.05, 0.1) is 29.5 Å². The van der Waals surface area contributed by atoms with Crippen molar-refractivity contribution in [2.75, 3.05) is 13.7 Å². The monoisotopic (exact) mass is 534 g/mol. The molecule has 0 bridgehead atoms. The number of allylic oxidation sites excluding steroid dienone is 1. The van der Waals surface area contributed by atoms with Crippen molar-refractivity contribution in [3.63, 3.8) is 0 Å². The standard InChI is InChI=1S/C28H23ClN2O5S/c1-4-35-27(33)24-16(2)30-28-31(25(24)20-7-5-6-8-22(20)34-3)26(32)23(37-28)15-19-13-14-21(36-19)17-9-11-18(29)12-10-17/h5-15,25H,4H2,1-3H3/b23-15+. The highest BCUT2D eigenvalue weighted by atomic mass is 35.5. The molecule has 0 N–H and O–H groups in total. The maximum atomic E-state index is 13.8. The molecular formula is C28H23ClN2O5S. The van der Waals surface area contributed by atoms with Crippen molar-refractivity contribution in [2.45, 2.75) is 19.9 Å². The maximum absolute atomic E-state index is 13.8. The topological polar surface area (TPSA) is 83.0 Å². The number of methoxy groups -OCH3 is 1. The van der Waals surface area contributed by atoms with Gasteiger partial charge in [-0.3, -0.25) is 9.36 Å². The first-order valence-electron chi connectivity index (χ1n) is 11.6. The second kappa shape index (κ2) is 10.2. The van der Waals surface area contributed by atoms with Crippen LogP contribution in [0.4, 0.5) is 0 Å². The van der Waals surface area contributed by atoms with Crippen molar-refractivity contribution in [2.24, 2.45) is 4.99 Å². The predicted molar refractivity (Wildman–Crippen MR) is 143 cm³/mol. The highest BCUT2D eigenvalue weighted by Gasteiger charge is 2.34. The van der Waals surface area contributed by atoms with Gasteiger partial charge in [-0.25, -0.2) is 9.79 Å². The summed E-state index contributed by atoms with van der Waals surface area (Å²) in [5.74, 6) is 1.21. The van der Waals surface area contributed by atoms with Crippen LogP contribution in [-0.4, -0.2) is 24.3 Å². The third kappa shape index (κ3) is 4.65. The second-order valence-corrected chi connectivity index (χ2v) is 9.70. The molecule has 3 heterocycles. The first kappa shape index (κ1) is 24.8. The quantitative estimate of drug-likeness (QED) is 0.334. The molecule has 2 aromatic heterocycles. The van der Waals surface area contributed by atoms with Gasteiger partial charge in [-0.2, -0.15) is 0 Å². The average molecular weight is 535 g/mol. The van der Waals surface area contributed by atoms with Crippen molar-refractivity contribution in [3.8, 4) is 17.1 Å². The Hall–Kier alpha value is -3.88. The lowest BCUT2D eigenvalue weighted by molar-refractivity contribution is -0.139. The number of para-hydroxylation sites is 1. The molecule has 9 heteroatoms. The molecular weight excluding hydrogens is 512 g/mol. The number of halogens is 1. The van der Waals surface area contributed by atoms with Crippen molar-refractivity contribution in [1.82, 2.24) is 4.57 Å². The summed E-state index contributed by atoms with van der Waals surface area (Å²) in [6.07, 6.45) is 1.69. The van der Waals surface area contributed by atoms with E-state index in [1.807, 2.05) is 36.4 Å². The third-order valence-electron chi connectivity index (χ3n) is 5.98. The zero-order chi connectivity index (χ0) is 26.1. The fraction of sp³-hybridized carbons (Fsp3) is 0.179. The van der Waals surface area contributed by atoms with Gasteiger partial charge in [-0.15, -0.1) is 0 Å². The third-order valence-corrected chi connectivity index (χ3v) is 7.21. The van der Waals surface area contributed by atoms with E-state index in [0.29, 0.717) is 48.5 Å². The zero-order valence-corrected chi connectivity index (χ0v) is 21.9. The molecule has 1 unspecified atom stereocenters. The number of furan rings is 1. The van der Waals surface area contributed by atoms with E-state index in [-0.39, 0.29) is 12.2 Å². The number of fused-ring (bicyclic) bond motifs is 1. The lowest BCUT2D eigenvalue weighted by Crippen LogP contribution is -2.40. The van der Waals surface area contributed by atoms with Crippen LogP contribution in [0.25, 0.3) is 17.4 Å². The van der Waals surface area contributed by atoms with E-state index in [0.717, 1.165) is 5.56 Å². The van der Waals surface area contributed by atoms with E-state index < -0.39 is 12.0 Å². The molecule has 0 saturated carbocycles. The molecule has 5 rings (SSSR count). The number of carbonyl (C=O) groups is 1. The summed E-state index contributed by atoms with van der Waals surface area (Å²) < 4.78 is 18.9. The molecule has 0 spiro atoms. The summed E-state index contributed by atoms with van der Waals surface area (Å²) in [7, 11) is 1.55. The van der Waals surface area contributed by atoms with E-state index >= 15 is 0 Å². The van der Waals surface area contributed by atoms with Crippen molar-refractivity contribution >= 4 is 35.0 Å². The highest BCUT2D eigenvalue weighted by Crippen LogP contribution is 2.35. The summed E-state index contributed by atoms with van der Waals surface area (Å²) in [4.78, 5) is 31.9. The van der Waals surface area contributed by atoms with E-state index in [9.17, 15) is 9.59 Å². The number of esters is 1. The normalized spacial score (nSPS) is 15.4. The number of hydrogen-bond donors (Lipinski definition) is 0. The summed E-state index contributed by atoms with van der Waals surface area (Å²) >= 11 is 7.22. The fourth-order valence-electron chi connectivity index (χ4n) is 4.31. The Morgan fingerprint density at radius 2 is 1.92 bits per heavy atom. The van der Waals surface area contributed by atoms with Crippen LogP contribution in [0, 0.1) is 0 Å². The van der Waals surface area contributed by atoms with Crippen LogP contribution in [0.5, 0.6) is 5.75 Å². The molecule has 0 amide bonds. The van der Waals surface area contributed by atoms with Gasteiger partial charge in [0.2, 0.25) is 0 Å². The number of nitrogens with zero attached hydrogens (tertiary/aromatic N) is 2. The molecule has 188 valence electrons. The van der Waals surface area contributed by atoms with Gasteiger partial charge in [0.1, 0.15) is 23.3 Å². The number of ether oxygens (including phenoxy) is 2. The van der Waals surface area contributed by atoms with E-state index in [1.54, 1.807) is 51.3 Å². The first-order chi connectivity index (χ1) is 17.9. The van der Waals surface area contributed by atoms with Gasteiger partial charge in [0.25, 0.3) is 5.56 Å². The Bertz CT molecular complexity index is 1700. The predicted octanol–water partition coefficient (Wildman–Crippen LogP) is 4.72. The summed E-state index contributed by atoms with van der Waals surface area (Å²) in [6.45, 7) is 3.69. The van der Waals surface area contributed by atoms with Crippen LogP contribution in [0.3, 0.4) is 0 Å².